The van der Waals surface area contributed by atoms with Gasteiger partial charge in [0.15, 0.2) is 0 Å². The maximum Gasteiger partial charge on any atom is 0.222 e. The number of amides is 1. The van der Waals surface area contributed by atoms with E-state index in [0.29, 0.717) is 24.2 Å². The summed E-state index contributed by atoms with van der Waals surface area (Å²) >= 11 is 0. The van der Waals surface area contributed by atoms with Crippen molar-refractivity contribution in [2.75, 3.05) is 44.2 Å². The molecule has 2 fully saturated rings. The zero-order valence-corrected chi connectivity index (χ0v) is 15.8. The van der Waals surface area contributed by atoms with Crippen LogP contribution in [0.15, 0.2) is 6.07 Å². The van der Waals surface area contributed by atoms with Crippen molar-refractivity contribution in [2.45, 2.75) is 46.0 Å². The summed E-state index contributed by atoms with van der Waals surface area (Å²) < 4.78 is 0. The molecule has 3 rings (SSSR count). The Hall–Kier alpha value is -1.69. The topological polar surface area (TPSA) is 61.4 Å². The van der Waals surface area contributed by atoms with Gasteiger partial charge >= 0.3 is 0 Å². The highest BCUT2D eigenvalue weighted by Crippen LogP contribution is 2.20. The highest BCUT2D eigenvalue weighted by Gasteiger charge is 2.24. The number of anilines is 1. The molecule has 1 unspecified atom stereocenters. The van der Waals surface area contributed by atoms with Crippen LogP contribution in [0.1, 0.15) is 50.5 Å². The summed E-state index contributed by atoms with van der Waals surface area (Å²) in [4.78, 5) is 26.0. The molecular formula is C19H31N5O. The number of hydrogen-bond acceptors (Lipinski definition) is 5. The lowest BCUT2D eigenvalue weighted by molar-refractivity contribution is -0.131. The Labute approximate surface area is 151 Å². The van der Waals surface area contributed by atoms with E-state index in [-0.39, 0.29) is 0 Å². The van der Waals surface area contributed by atoms with Gasteiger partial charge in [0.1, 0.15) is 11.6 Å². The number of nitrogens with one attached hydrogen (secondary N) is 1. The molecule has 0 spiro atoms. The van der Waals surface area contributed by atoms with Crippen LogP contribution in [0.5, 0.6) is 0 Å². The first-order chi connectivity index (χ1) is 12.0. The van der Waals surface area contributed by atoms with Crippen LogP contribution < -0.4 is 10.2 Å². The first kappa shape index (κ1) is 18.1. The van der Waals surface area contributed by atoms with E-state index in [1.165, 1.54) is 6.42 Å². The summed E-state index contributed by atoms with van der Waals surface area (Å²) in [7, 11) is 0. The average molecular weight is 345 g/mol. The molecule has 1 N–H and O–H groups in total. The van der Waals surface area contributed by atoms with Crippen molar-refractivity contribution in [3.8, 4) is 0 Å². The van der Waals surface area contributed by atoms with Gasteiger partial charge in [-0.2, -0.15) is 0 Å². The van der Waals surface area contributed by atoms with Crippen molar-refractivity contribution >= 4 is 11.7 Å². The van der Waals surface area contributed by atoms with Crippen molar-refractivity contribution in [1.82, 2.24) is 20.2 Å². The van der Waals surface area contributed by atoms with Gasteiger partial charge in [0.2, 0.25) is 5.91 Å². The number of nitrogens with zero attached hydrogens (tertiary/aromatic N) is 4. The van der Waals surface area contributed by atoms with Crippen molar-refractivity contribution in [3.05, 3.63) is 17.6 Å². The second-order valence-electron chi connectivity index (χ2n) is 7.65. The number of hydrogen-bond donors (Lipinski definition) is 1. The van der Waals surface area contributed by atoms with E-state index >= 15 is 0 Å². The molecule has 2 aliphatic rings. The molecule has 1 atom stereocenters. The van der Waals surface area contributed by atoms with Gasteiger partial charge in [-0.15, -0.1) is 0 Å². The van der Waals surface area contributed by atoms with Crippen LogP contribution in [0, 0.1) is 12.8 Å². The maximum absolute atomic E-state index is 12.5. The number of carbonyl (C=O) groups is 1. The van der Waals surface area contributed by atoms with Crippen LogP contribution in [0.2, 0.25) is 0 Å². The number of aryl methyl sites for hydroxylation is 1. The van der Waals surface area contributed by atoms with E-state index < -0.39 is 0 Å². The summed E-state index contributed by atoms with van der Waals surface area (Å²) in [5.41, 5.74) is 1.01. The van der Waals surface area contributed by atoms with Gasteiger partial charge in [-0.3, -0.25) is 4.79 Å². The summed E-state index contributed by atoms with van der Waals surface area (Å²) in [6, 6.07) is 2.05. The molecule has 138 valence electrons. The third-order valence-corrected chi connectivity index (χ3v) is 5.26. The zero-order chi connectivity index (χ0) is 17.8. The SMILES string of the molecule is Cc1cc(N2CCN(C(=O)CCC3CCNC3)CC2)nc(C(C)C)n1. The Morgan fingerprint density at radius 2 is 2.04 bits per heavy atom. The minimum Gasteiger partial charge on any atom is -0.353 e. The maximum atomic E-state index is 12.5. The lowest BCUT2D eigenvalue weighted by atomic mass is 10.0. The molecule has 0 aromatic carbocycles. The standard InChI is InChI=1S/C19H31N5O/c1-14(2)19-21-15(3)12-17(22-19)23-8-10-24(11-9-23)18(25)5-4-16-6-7-20-13-16/h12,14,16,20H,4-11,13H2,1-3H3. The molecule has 1 amide bonds. The van der Waals surface area contributed by atoms with E-state index in [1.807, 2.05) is 11.8 Å². The van der Waals surface area contributed by atoms with Gasteiger partial charge < -0.3 is 15.1 Å². The average Bonchev–Trinajstić information content (AvgIpc) is 3.13. The molecule has 6 nitrogen and oxygen atoms in total. The van der Waals surface area contributed by atoms with Gasteiger partial charge in [0.05, 0.1) is 0 Å². The van der Waals surface area contributed by atoms with Crippen LogP contribution in [0.4, 0.5) is 5.82 Å². The van der Waals surface area contributed by atoms with E-state index in [4.69, 9.17) is 4.98 Å². The highest BCUT2D eigenvalue weighted by molar-refractivity contribution is 5.76. The third kappa shape index (κ3) is 4.69. The summed E-state index contributed by atoms with van der Waals surface area (Å²) in [5.74, 6) is 3.22. The lowest BCUT2D eigenvalue weighted by Crippen LogP contribution is -2.49. The van der Waals surface area contributed by atoms with Crippen molar-refractivity contribution in [2.24, 2.45) is 5.92 Å². The molecule has 0 aliphatic carbocycles. The zero-order valence-electron chi connectivity index (χ0n) is 15.8. The van der Waals surface area contributed by atoms with Gasteiger partial charge in [-0.1, -0.05) is 13.8 Å². The molecule has 6 heteroatoms. The van der Waals surface area contributed by atoms with Crippen molar-refractivity contribution in [3.63, 3.8) is 0 Å². The summed E-state index contributed by atoms with van der Waals surface area (Å²) in [5, 5.41) is 3.37. The van der Waals surface area contributed by atoms with Crippen LogP contribution in [-0.4, -0.2) is 60.0 Å². The minimum absolute atomic E-state index is 0.313. The van der Waals surface area contributed by atoms with Crippen LogP contribution in [0.25, 0.3) is 0 Å². The number of piperazine rings is 1. The number of aromatic nitrogens is 2. The number of rotatable bonds is 5. The largest absolute Gasteiger partial charge is 0.353 e. The van der Waals surface area contributed by atoms with Crippen LogP contribution in [0.3, 0.4) is 0 Å². The Morgan fingerprint density at radius 3 is 2.68 bits per heavy atom. The molecule has 25 heavy (non-hydrogen) atoms. The lowest BCUT2D eigenvalue weighted by Gasteiger charge is -2.36. The molecule has 0 radical (unpaired) electrons. The second kappa shape index (κ2) is 8.13. The molecule has 0 saturated carbocycles. The molecule has 2 aliphatic heterocycles. The highest BCUT2D eigenvalue weighted by atomic mass is 16.2. The molecular weight excluding hydrogens is 314 g/mol. The van der Waals surface area contributed by atoms with E-state index in [0.717, 1.165) is 63.0 Å². The predicted molar refractivity (Wildman–Crippen MR) is 99.9 cm³/mol. The fourth-order valence-electron chi connectivity index (χ4n) is 3.63. The minimum atomic E-state index is 0.313. The summed E-state index contributed by atoms with van der Waals surface area (Å²) in [6.45, 7) is 11.7. The van der Waals surface area contributed by atoms with E-state index in [2.05, 4.69) is 35.1 Å². The van der Waals surface area contributed by atoms with Crippen molar-refractivity contribution < 1.29 is 4.79 Å². The third-order valence-electron chi connectivity index (χ3n) is 5.26. The van der Waals surface area contributed by atoms with Crippen LogP contribution in [-0.2, 0) is 4.79 Å². The van der Waals surface area contributed by atoms with E-state index in [9.17, 15) is 4.79 Å². The molecule has 3 heterocycles. The fourth-order valence-corrected chi connectivity index (χ4v) is 3.63. The number of carbonyl (C=O) groups excluding carboxylic acids is 1. The first-order valence-electron chi connectivity index (χ1n) is 9.62. The Morgan fingerprint density at radius 1 is 1.28 bits per heavy atom. The monoisotopic (exact) mass is 345 g/mol. The quantitative estimate of drug-likeness (QED) is 0.884. The second-order valence-corrected chi connectivity index (χ2v) is 7.65. The van der Waals surface area contributed by atoms with Gasteiger partial charge in [-0.25, -0.2) is 9.97 Å². The van der Waals surface area contributed by atoms with Gasteiger partial charge in [-0.05, 0) is 38.8 Å². The summed E-state index contributed by atoms with van der Waals surface area (Å²) in [6.07, 6.45) is 2.93. The molecule has 1 aromatic heterocycles. The first-order valence-corrected chi connectivity index (χ1v) is 9.62. The predicted octanol–water partition coefficient (Wildman–Crippen LogP) is 1.95. The Kier molecular flexibility index (Phi) is 5.89. The Bertz CT molecular complexity index is 589. The fraction of sp³-hybridized carbons (Fsp3) is 0.737. The van der Waals surface area contributed by atoms with Crippen molar-refractivity contribution in [1.29, 1.82) is 0 Å². The molecule has 1 aromatic rings. The normalized spacial score (nSPS) is 21.2. The Balaban J connectivity index is 1.52. The van der Waals surface area contributed by atoms with E-state index in [1.54, 1.807) is 0 Å². The van der Waals surface area contributed by atoms with Gasteiger partial charge in [0.25, 0.3) is 0 Å². The van der Waals surface area contributed by atoms with Crippen LogP contribution >= 0.6 is 0 Å². The molecule has 2 saturated heterocycles. The molecule has 0 bridgehead atoms. The smallest absolute Gasteiger partial charge is 0.222 e. The van der Waals surface area contributed by atoms with Gasteiger partial charge in [0, 0.05) is 50.3 Å².